The molecule has 104 valence electrons. The molecule has 0 aliphatic heterocycles. The van der Waals surface area contributed by atoms with Crippen molar-refractivity contribution >= 4 is 22.7 Å². The van der Waals surface area contributed by atoms with Crippen LogP contribution >= 0.6 is 0 Å². The van der Waals surface area contributed by atoms with Crippen LogP contribution in [0.3, 0.4) is 0 Å². The van der Waals surface area contributed by atoms with Crippen LogP contribution in [0.1, 0.15) is 5.56 Å². The summed E-state index contributed by atoms with van der Waals surface area (Å²) >= 11 is 0. The maximum atomic E-state index is 9.67. The Morgan fingerprint density at radius 2 is 1.67 bits per heavy atom. The van der Waals surface area contributed by atoms with E-state index in [1.807, 2.05) is 42.5 Å². The topological polar surface area (TPSA) is 64.9 Å². The number of hydrogen-bond donors (Lipinski definition) is 3. The summed E-state index contributed by atoms with van der Waals surface area (Å²) in [6, 6.07) is 18.7. The molecule has 3 aromatic rings. The fourth-order valence-corrected chi connectivity index (χ4v) is 2.09. The zero-order valence-electron chi connectivity index (χ0n) is 11.2. The van der Waals surface area contributed by atoms with Gasteiger partial charge in [-0.15, -0.1) is 0 Å². The van der Waals surface area contributed by atoms with Crippen LogP contribution in [0.4, 0.5) is 5.69 Å². The molecule has 0 spiro atoms. The molecule has 0 saturated heterocycles. The summed E-state index contributed by atoms with van der Waals surface area (Å²) in [4.78, 5) is 0. The number of nitrogens with zero attached hydrogens (tertiary/aromatic N) is 1. The summed E-state index contributed by atoms with van der Waals surface area (Å²) in [6.45, 7) is 0. The Kier molecular flexibility index (Phi) is 3.43. The van der Waals surface area contributed by atoms with E-state index in [1.165, 1.54) is 12.3 Å². The maximum Gasteiger partial charge on any atom is 0.166 e. The number of phenols is 2. The minimum atomic E-state index is -0.179. The van der Waals surface area contributed by atoms with Crippen LogP contribution in [0, 0.1) is 0 Å². The molecule has 0 fully saturated rings. The van der Waals surface area contributed by atoms with Crippen LogP contribution < -0.4 is 5.43 Å². The van der Waals surface area contributed by atoms with Crippen molar-refractivity contribution in [2.45, 2.75) is 0 Å². The molecule has 0 bridgehead atoms. The Morgan fingerprint density at radius 3 is 2.52 bits per heavy atom. The number of fused-ring (bicyclic) bond motifs is 1. The summed E-state index contributed by atoms with van der Waals surface area (Å²) in [5.41, 5.74) is 4.21. The van der Waals surface area contributed by atoms with Gasteiger partial charge in [0, 0.05) is 5.56 Å². The lowest BCUT2D eigenvalue weighted by atomic mass is 10.1. The van der Waals surface area contributed by atoms with Crippen LogP contribution in [0.25, 0.3) is 10.8 Å². The highest BCUT2D eigenvalue weighted by Gasteiger charge is 2.02. The first-order valence-electron chi connectivity index (χ1n) is 6.53. The molecular formula is C17H14N2O2. The fraction of sp³-hybridized carbons (Fsp3) is 0. The van der Waals surface area contributed by atoms with Crippen molar-refractivity contribution in [3.8, 4) is 11.5 Å². The predicted octanol–water partition coefficient (Wildman–Crippen LogP) is 3.70. The van der Waals surface area contributed by atoms with Crippen molar-refractivity contribution in [2.75, 3.05) is 5.43 Å². The molecule has 0 aliphatic rings. The quantitative estimate of drug-likeness (QED) is 0.389. The lowest BCUT2D eigenvalue weighted by molar-refractivity contribution is 0.403. The molecule has 0 heterocycles. The molecule has 0 amide bonds. The number of hydrazone groups is 1. The molecule has 0 unspecified atom stereocenters. The Hall–Kier alpha value is -3.01. The van der Waals surface area contributed by atoms with Gasteiger partial charge in [0.05, 0.1) is 11.9 Å². The average Bonchev–Trinajstić information content (AvgIpc) is 2.51. The molecule has 0 aromatic heterocycles. The molecular weight excluding hydrogens is 264 g/mol. The van der Waals surface area contributed by atoms with Crippen LogP contribution in [0.15, 0.2) is 65.8 Å². The Balaban J connectivity index is 1.79. The first-order chi connectivity index (χ1) is 10.2. The van der Waals surface area contributed by atoms with Gasteiger partial charge in [0.25, 0.3) is 0 Å². The Bertz CT molecular complexity index is 813. The average molecular weight is 278 g/mol. The van der Waals surface area contributed by atoms with Gasteiger partial charge in [-0.3, -0.25) is 5.43 Å². The van der Waals surface area contributed by atoms with Crippen molar-refractivity contribution in [2.24, 2.45) is 5.10 Å². The van der Waals surface area contributed by atoms with Gasteiger partial charge in [-0.05, 0) is 35.0 Å². The van der Waals surface area contributed by atoms with Crippen molar-refractivity contribution < 1.29 is 10.2 Å². The second kappa shape index (κ2) is 5.54. The number of nitrogens with one attached hydrogen (secondary N) is 1. The summed E-state index contributed by atoms with van der Waals surface area (Å²) in [5.74, 6) is -0.341. The van der Waals surface area contributed by atoms with Gasteiger partial charge < -0.3 is 10.2 Å². The van der Waals surface area contributed by atoms with Gasteiger partial charge in [-0.25, -0.2) is 0 Å². The normalized spacial score (nSPS) is 11.0. The molecule has 3 N–H and O–H groups in total. The van der Waals surface area contributed by atoms with Crippen LogP contribution in [0.2, 0.25) is 0 Å². The first kappa shape index (κ1) is 13.0. The third-order valence-corrected chi connectivity index (χ3v) is 3.19. The summed E-state index contributed by atoms with van der Waals surface area (Å²) in [6.07, 6.45) is 1.46. The summed E-state index contributed by atoms with van der Waals surface area (Å²) in [5, 5.41) is 25.4. The molecule has 4 heteroatoms. The molecule has 4 nitrogen and oxygen atoms in total. The lowest BCUT2D eigenvalue weighted by Gasteiger charge is -2.03. The fourth-order valence-electron chi connectivity index (χ4n) is 2.09. The maximum absolute atomic E-state index is 9.67. The Labute approximate surface area is 122 Å². The van der Waals surface area contributed by atoms with Gasteiger partial charge in [-0.1, -0.05) is 36.4 Å². The number of para-hydroxylation sites is 1. The van der Waals surface area contributed by atoms with E-state index in [9.17, 15) is 10.2 Å². The van der Waals surface area contributed by atoms with Crippen LogP contribution in [-0.4, -0.2) is 16.4 Å². The van der Waals surface area contributed by atoms with Crippen LogP contribution in [0.5, 0.6) is 11.5 Å². The minimum absolute atomic E-state index is 0.162. The van der Waals surface area contributed by atoms with E-state index in [2.05, 4.69) is 10.5 Å². The van der Waals surface area contributed by atoms with Crippen molar-refractivity contribution in [3.63, 3.8) is 0 Å². The highest BCUT2D eigenvalue weighted by Crippen LogP contribution is 2.26. The van der Waals surface area contributed by atoms with Crippen molar-refractivity contribution in [1.29, 1.82) is 0 Å². The zero-order valence-corrected chi connectivity index (χ0v) is 11.2. The third-order valence-electron chi connectivity index (χ3n) is 3.19. The predicted molar refractivity (Wildman–Crippen MR) is 84.9 cm³/mol. The SMILES string of the molecule is Oc1cccc(/C=N/Nc2ccc3ccccc3c2)c1O. The van der Waals surface area contributed by atoms with E-state index >= 15 is 0 Å². The van der Waals surface area contributed by atoms with E-state index in [1.54, 1.807) is 12.1 Å². The highest BCUT2D eigenvalue weighted by atomic mass is 16.3. The number of phenolic OH excluding ortho intramolecular Hbond substituents is 2. The van der Waals surface area contributed by atoms with E-state index < -0.39 is 0 Å². The smallest absolute Gasteiger partial charge is 0.166 e. The standard InChI is InChI=1S/C17H14N2O2/c20-16-7-3-6-14(17(16)21)11-18-19-15-9-8-12-4-1-2-5-13(12)10-15/h1-11,19-21H/b18-11+. The van der Waals surface area contributed by atoms with Gasteiger partial charge in [0.2, 0.25) is 0 Å². The molecule has 21 heavy (non-hydrogen) atoms. The molecule has 0 atom stereocenters. The van der Waals surface area contributed by atoms with E-state index in [0.29, 0.717) is 5.56 Å². The van der Waals surface area contributed by atoms with E-state index in [4.69, 9.17) is 0 Å². The number of hydrogen-bond acceptors (Lipinski definition) is 4. The van der Waals surface area contributed by atoms with Gasteiger partial charge in [0.1, 0.15) is 0 Å². The van der Waals surface area contributed by atoms with Gasteiger partial charge in [0.15, 0.2) is 11.5 Å². The number of benzene rings is 3. The largest absolute Gasteiger partial charge is 0.504 e. The van der Waals surface area contributed by atoms with Crippen molar-refractivity contribution in [1.82, 2.24) is 0 Å². The van der Waals surface area contributed by atoms with E-state index in [0.717, 1.165) is 16.5 Å². The zero-order chi connectivity index (χ0) is 14.7. The summed E-state index contributed by atoms with van der Waals surface area (Å²) in [7, 11) is 0. The Morgan fingerprint density at radius 1 is 0.857 bits per heavy atom. The van der Waals surface area contributed by atoms with Gasteiger partial charge >= 0.3 is 0 Å². The van der Waals surface area contributed by atoms with E-state index in [-0.39, 0.29) is 11.5 Å². The molecule has 0 radical (unpaired) electrons. The van der Waals surface area contributed by atoms with Crippen molar-refractivity contribution in [3.05, 3.63) is 66.2 Å². The number of aromatic hydroxyl groups is 2. The first-order valence-corrected chi connectivity index (χ1v) is 6.53. The second-order valence-electron chi connectivity index (χ2n) is 4.65. The minimum Gasteiger partial charge on any atom is -0.504 e. The second-order valence-corrected chi connectivity index (χ2v) is 4.65. The summed E-state index contributed by atoms with van der Waals surface area (Å²) < 4.78 is 0. The third kappa shape index (κ3) is 2.79. The number of rotatable bonds is 3. The lowest BCUT2D eigenvalue weighted by Crippen LogP contribution is -1.91. The van der Waals surface area contributed by atoms with Crippen LogP contribution in [-0.2, 0) is 0 Å². The molecule has 0 aliphatic carbocycles. The monoisotopic (exact) mass is 278 g/mol. The molecule has 3 rings (SSSR count). The molecule has 0 saturated carbocycles. The van der Waals surface area contributed by atoms with Gasteiger partial charge in [-0.2, -0.15) is 5.10 Å². The molecule has 3 aromatic carbocycles. The highest BCUT2D eigenvalue weighted by molar-refractivity contribution is 5.87. The number of anilines is 1.